The van der Waals surface area contributed by atoms with Gasteiger partial charge in [0.05, 0.1) is 18.8 Å². The molecule has 0 bridgehead atoms. The van der Waals surface area contributed by atoms with Crippen molar-refractivity contribution in [2.45, 2.75) is 32.2 Å². The van der Waals surface area contributed by atoms with Gasteiger partial charge in [0, 0.05) is 6.54 Å². The van der Waals surface area contributed by atoms with Crippen LogP contribution in [0.5, 0.6) is 11.5 Å². The molecule has 0 spiro atoms. The molecule has 0 radical (unpaired) electrons. The van der Waals surface area contributed by atoms with Crippen molar-refractivity contribution in [1.82, 2.24) is 9.47 Å². The van der Waals surface area contributed by atoms with Gasteiger partial charge in [-0.05, 0) is 13.3 Å². The third-order valence-electron chi connectivity index (χ3n) is 3.57. The van der Waals surface area contributed by atoms with Crippen LogP contribution in [0.25, 0.3) is 0 Å². The van der Waals surface area contributed by atoms with Crippen molar-refractivity contribution in [2.24, 2.45) is 0 Å². The molecule has 7 heteroatoms. The maximum Gasteiger partial charge on any atom is 0.276 e. The van der Waals surface area contributed by atoms with Gasteiger partial charge in [-0.2, -0.15) is 0 Å². The Labute approximate surface area is 108 Å². The van der Waals surface area contributed by atoms with E-state index in [0.29, 0.717) is 13.0 Å². The number of carbonyl (C=O) groups is 1. The van der Waals surface area contributed by atoms with E-state index < -0.39 is 29.1 Å². The zero-order valence-corrected chi connectivity index (χ0v) is 10.4. The smallest absolute Gasteiger partial charge is 0.276 e. The maximum atomic E-state index is 12.3. The summed E-state index contributed by atoms with van der Waals surface area (Å²) in [6.07, 6.45) is 1.50. The highest BCUT2D eigenvalue weighted by molar-refractivity contribution is 5.96. The first-order valence-corrected chi connectivity index (χ1v) is 6.11. The van der Waals surface area contributed by atoms with Gasteiger partial charge in [-0.1, -0.05) is 0 Å². The number of rotatable bonds is 0. The molecule has 1 fully saturated rings. The molecule has 1 unspecified atom stereocenters. The van der Waals surface area contributed by atoms with E-state index in [1.807, 2.05) is 6.92 Å². The summed E-state index contributed by atoms with van der Waals surface area (Å²) in [5.74, 6) is -1.73. The average Bonchev–Trinajstić information content (AvgIpc) is 2.35. The SMILES string of the molecule is C[C@@H]1CCN2C(=O)c3c(O)c(=O)c(O)cn3CC2O1. The average molecular weight is 266 g/mol. The molecular formula is C12H14N2O5. The first kappa shape index (κ1) is 12.0. The van der Waals surface area contributed by atoms with Crippen LogP contribution in [0.1, 0.15) is 23.8 Å². The van der Waals surface area contributed by atoms with E-state index in [-0.39, 0.29) is 18.3 Å². The summed E-state index contributed by atoms with van der Waals surface area (Å²) in [6, 6.07) is 0. The van der Waals surface area contributed by atoms with Gasteiger partial charge in [-0.3, -0.25) is 9.59 Å². The summed E-state index contributed by atoms with van der Waals surface area (Å²) in [5, 5.41) is 19.2. The van der Waals surface area contributed by atoms with Gasteiger partial charge in [0.15, 0.2) is 23.4 Å². The number of carbonyl (C=O) groups excluding carboxylic acids is 1. The Morgan fingerprint density at radius 3 is 2.84 bits per heavy atom. The third-order valence-corrected chi connectivity index (χ3v) is 3.57. The Bertz CT molecular complexity index is 609. The highest BCUT2D eigenvalue weighted by Crippen LogP contribution is 2.28. The van der Waals surface area contributed by atoms with E-state index in [0.717, 1.165) is 6.20 Å². The summed E-state index contributed by atoms with van der Waals surface area (Å²) in [4.78, 5) is 25.3. The summed E-state index contributed by atoms with van der Waals surface area (Å²) in [6.45, 7) is 2.74. The molecule has 1 aromatic rings. The predicted molar refractivity (Wildman–Crippen MR) is 64.0 cm³/mol. The molecule has 2 aliphatic heterocycles. The molecule has 3 rings (SSSR count). The number of fused-ring (bicyclic) bond motifs is 2. The molecule has 102 valence electrons. The van der Waals surface area contributed by atoms with Gasteiger partial charge in [0.2, 0.25) is 0 Å². The molecule has 2 aliphatic rings. The summed E-state index contributed by atoms with van der Waals surface area (Å²) in [7, 11) is 0. The van der Waals surface area contributed by atoms with E-state index in [2.05, 4.69) is 0 Å². The van der Waals surface area contributed by atoms with Crippen molar-refractivity contribution in [3.63, 3.8) is 0 Å². The van der Waals surface area contributed by atoms with Gasteiger partial charge >= 0.3 is 0 Å². The molecule has 7 nitrogen and oxygen atoms in total. The van der Waals surface area contributed by atoms with E-state index >= 15 is 0 Å². The third kappa shape index (κ3) is 1.69. The first-order valence-electron chi connectivity index (χ1n) is 6.11. The number of pyridine rings is 1. The molecule has 3 heterocycles. The van der Waals surface area contributed by atoms with Gasteiger partial charge in [-0.25, -0.2) is 0 Å². The second-order valence-electron chi connectivity index (χ2n) is 4.88. The second kappa shape index (κ2) is 3.99. The number of nitrogens with zero attached hydrogens (tertiary/aromatic N) is 2. The van der Waals surface area contributed by atoms with Gasteiger partial charge in [0.1, 0.15) is 0 Å². The molecular weight excluding hydrogens is 252 g/mol. The molecule has 0 saturated carbocycles. The Hall–Kier alpha value is -2.02. The number of amides is 1. The highest BCUT2D eigenvalue weighted by atomic mass is 16.5. The minimum atomic E-state index is -0.927. The van der Waals surface area contributed by atoms with Crippen LogP contribution >= 0.6 is 0 Å². The normalized spacial score (nSPS) is 25.9. The van der Waals surface area contributed by atoms with E-state index in [4.69, 9.17) is 4.74 Å². The fourth-order valence-corrected chi connectivity index (χ4v) is 2.56. The van der Waals surface area contributed by atoms with Crippen molar-refractivity contribution in [3.8, 4) is 11.5 Å². The van der Waals surface area contributed by atoms with Crippen LogP contribution in [0.4, 0.5) is 0 Å². The monoisotopic (exact) mass is 266 g/mol. The standard InChI is InChI=1S/C12H14N2O5/c1-6-2-3-14-8(19-6)5-13-4-7(15)10(16)11(17)9(13)12(14)18/h4,6,8,15,17H,2-3,5H2,1H3/t6-,8?/m1/s1. The lowest BCUT2D eigenvalue weighted by Gasteiger charge is -2.42. The highest BCUT2D eigenvalue weighted by Gasteiger charge is 2.39. The van der Waals surface area contributed by atoms with E-state index in [1.54, 1.807) is 0 Å². The number of ether oxygens (including phenoxy) is 1. The summed E-state index contributed by atoms with van der Waals surface area (Å²) >= 11 is 0. The van der Waals surface area contributed by atoms with E-state index in [1.165, 1.54) is 9.47 Å². The Kier molecular flexibility index (Phi) is 2.53. The van der Waals surface area contributed by atoms with Crippen LogP contribution < -0.4 is 5.43 Å². The molecule has 1 aromatic heterocycles. The van der Waals surface area contributed by atoms with Gasteiger partial charge in [-0.15, -0.1) is 0 Å². The lowest BCUT2D eigenvalue weighted by atomic mass is 10.1. The van der Waals surface area contributed by atoms with Crippen molar-refractivity contribution >= 4 is 5.91 Å². The number of hydrogen-bond acceptors (Lipinski definition) is 5. The fourth-order valence-electron chi connectivity index (χ4n) is 2.56. The molecule has 2 N–H and O–H groups in total. The Morgan fingerprint density at radius 1 is 1.37 bits per heavy atom. The topological polar surface area (TPSA) is 92.0 Å². The summed E-state index contributed by atoms with van der Waals surface area (Å²) in [5.41, 5.74) is -1.01. The number of aromatic hydroxyl groups is 2. The zero-order valence-electron chi connectivity index (χ0n) is 10.4. The van der Waals surface area contributed by atoms with Crippen LogP contribution in [0.15, 0.2) is 11.0 Å². The molecule has 0 aliphatic carbocycles. The lowest BCUT2D eigenvalue weighted by molar-refractivity contribution is -0.128. The molecule has 2 atom stereocenters. The largest absolute Gasteiger partial charge is 0.503 e. The van der Waals surface area contributed by atoms with E-state index in [9.17, 15) is 19.8 Å². The predicted octanol–water partition coefficient (Wildman–Crippen LogP) is -0.150. The first-order chi connectivity index (χ1) is 8.99. The summed E-state index contributed by atoms with van der Waals surface area (Å²) < 4.78 is 7.04. The van der Waals surface area contributed by atoms with Crippen molar-refractivity contribution in [3.05, 3.63) is 22.1 Å². The second-order valence-corrected chi connectivity index (χ2v) is 4.88. The van der Waals surface area contributed by atoms with Gasteiger partial charge in [0.25, 0.3) is 11.3 Å². The Balaban J connectivity index is 2.11. The molecule has 19 heavy (non-hydrogen) atoms. The Morgan fingerprint density at radius 2 is 2.11 bits per heavy atom. The number of aromatic nitrogens is 1. The van der Waals surface area contributed by atoms with Gasteiger partial charge < -0.3 is 24.4 Å². The fraction of sp³-hybridized carbons (Fsp3) is 0.500. The minimum Gasteiger partial charge on any atom is -0.503 e. The molecule has 1 saturated heterocycles. The van der Waals surface area contributed by atoms with Crippen molar-refractivity contribution < 1.29 is 19.7 Å². The number of hydrogen-bond donors (Lipinski definition) is 2. The van der Waals surface area contributed by atoms with Crippen LogP contribution in [-0.2, 0) is 11.3 Å². The van der Waals surface area contributed by atoms with Crippen LogP contribution in [0.2, 0.25) is 0 Å². The zero-order chi connectivity index (χ0) is 13.7. The molecule has 0 aromatic carbocycles. The maximum absolute atomic E-state index is 12.3. The van der Waals surface area contributed by atoms with Crippen molar-refractivity contribution in [1.29, 1.82) is 0 Å². The van der Waals surface area contributed by atoms with Crippen LogP contribution in [0, 0.1) is 0 Å². The van der Waals surface area contributed by atoms with Crippen LogP contribution in [-0.4, -0.2) is 44.5 Å². The minimum absolute atomic E-state index is 0.0529. The quantitative estimate of drug-likeness (QED) is 0.681. The molecule has 1 amide bonds. The van der Waals surface area contributed by atoms with Crippen molar-refractivity contribution in [2.75, 3.05) is 6.54 Å². The lowest BCUT2D eigenvalue weighted by Crippen LogP contribution is -2.54. The van der Waals surface area contributed by atoms with Crippen LogP contribution in [0.3, 0.4) is 0 Å².